The van der Waals surface area contributed by atoms with Crippen LogP contribution in [0.3, 0.4) is 0 Å². The molecule has 0 unspecified atom stereocenters. The highest BCUT2D eigenvalue weighted by molar-refractivity contribution is 5.57. The maximum atomic E-state index is 12.8. The Kier molecular flexibility index (Phi) is 4.49. The molecule has 0 N–H and O–H groups in total. The molecular weight excluding hydrogens is 265 g/mol. The van der Waals surface area contributed by atoms with Crippen LogP contribution < -0.4 is 4.90 Å². The Hall–Kier alpha value is -1.96. The lowest BCUT2D eigenvalue weighted by Gasteiger charge is -2.37. The van der Waals surface area contributed by atoms with Crippen LogP contribution in [0.15, 0.2) is 30.9 Å². The lowest BCUT2D eigenvalue weighted by molar-refractivity contribution is -0.137. The van der Waals surface area contributed by atoms with Gasteiger partial charge in [0.25, 0.3) is 0 Å². The zero-order valence-corrected chi connectivity index (χ0v) is 11.8. The van der Waals surface area contributed by atoms with Gasteiger partial charge in [0.15, 0.2) is 0 Å². The van der Waals surface area contributed by atoms with Gasteiger partial charge in [-0.15, -0.1) is 6.58 Å². The van der Waals surface area contributed by atoms with Crippen molar-refractivity contribution in [2.75, 3.05) is 11.4 Å². The first-order valence-electron chi connectivity index (χ1n) is 6.11. The van der Waals surface area contributed by atoms with E-state index in [0.717, 1.165) is 6.07 Å². The topological polar surface area (TPSA) is 27.0 Å². The molecule has 0 saturated heterocycles. The Morgan fingerprint density at radius 1 is 1.30 bits per heavy atom. The third-order valence-electron chi connectivity index (χ3n) is 2.86. The summed E-state index contributed by atoms with van der Waals surface area (Å²) in [7, 11) is 0. The van der Waals surface area contributed by atoms with E-state index in [1.807, 2.05) is 25.7 Å². The number of benzene rings is 1. The molecule has 0 aliphatic rings. The van der Waals surface area contributed by atoms with Crippen molar-refractivity contribution in [1.29, 1.82) is 5.26 Å². The minimum Gasteiger partial charge on any atom is -0.363 e. The molecular formula is C15H17F3N2. The average molecular weight is 282 g/mol. The zero-order valence-electron chi connectivity index (χ0n) is 11.8. The number of halogens is 3. The van der Waals surface area contributed by atoms with Gasteiger partial charge >= 0.3 is 6.18 Å². The van der Waals surface area contributed by atoms with Crippen molar-refractivity contribution in [1.82, 2.24) is 0 Å². The SMILES string of the molecule is C=CCN(c1ccc(C(F)(F)F)c(C#N)c1)C(C)(C)C. The Labute approximate surface area is 117 Å². The quantitative estimate of drug-likeness (QED) is 0.770. The van der Waals surface area contributed by atoms with Crippen molar-refractivity contribution in [3.63, 3.8) is 0 Å². The van der Waals surface area contributed by atoms with E-state index in [9.17, 15) is 13.2 Å². The van der Waals surface area contributed by atoms with Crippen LogP contribution in [-0.2, 0) is 6.18 Å². The molecule has 1 aromatic carbocycles. The van der Waals surface area contributed by atoms with Crippen molar-refractivity contribution in [2.24, 2.45) is 0 Å². The van der Waals surface area contributed by atoms with Crippen LogP contribution in [-0.4, -0.2) is 12.1 Å². The van der Waals surface area contributed by atoms with E-state index in [0.29, 0.717) is 12.2 Å². The Balaban J connectivity index is 3.35. The van der Waals surface area contributed by atoms with Crippen molar-refractivity contribution in [2.45, 2.75) is 32.5 Å². The fourth-order valence-electron chi connectivity index (χ4n) is 1.94. The fourth-order valence-corrected chi connectivity index (χ4v) is 1.94. The molecule has 0 aromatic heterocycles. The molecule has 0 spiro atoms. The van der Waals surface area contributed by atoms with Gasteiger partial charge in [-0.2, -0.15) is 18.4 Å². The molecule has 0 aliphatic carbocycles. The Morgan fingerprint density at radius 3 is 2.30 bits per heavy atom. The van der Waals surface area contributed by atoms with Crippen LogP contribution in [0, 0.1) is 11.3 Å². The number of anilines is 1. The Bertz CT molecular complexity index is 534. The van der Waals surface area contributed by atoms with Gasteiger partial charge in [0.1, 0.15) is 0 Å². The van der Waals surface area contributed by atoms with Gasteiger partial charge in [-0.3, -0.25) is 0 Å². The maximum Gasteiger partial charge on any atom is 0.417 e. The third-order valence-corrected chi connectivity index (χ3v) is 2.86. The second-order valence-corrected chi connectivity index (χ2v) is 5.41. The van der Waals surface area contributed by atoms with Gasteiger partial charge in [0.2, 0.25) is 0 Å². The van der Waals surface area contributed by atoms with Gasteiger partial charge < -0.3 is 4.90 Å². The second kappa shape index (κ2) is 5.58. The van der Waals surface area contributed by atoms with Gasteiger partial charge in [-0.05, 0) is 39.0 Å². The molecule has 108 valence electrons. The van der Waals surface area contributed by atoms with Gasteiger partial charge in [0, 0.05) is 17.8 Å². The molecule has 0 saturated carbocycles. The first-order valence-corrected chi connectivity index (χ1v) is 6.11. The Morgan fingerprint density at radius 2 is 1.90 bits per heavy atom. The molecule has 0 amide bonds. The number of hydrogen-bond acceptors (Lipinski definition) is 2. The third kappa shape index (κ3) is 3.53. The predicted molar refractivity (Wildman–Crippen MR) is 73.5 cm³/mol. The first-order chi connectivity index (χ1) is 9.11. The van der Waals surface area contributed by atoms with E-state index >= 15 is 0 Å². The molecule has 0 heterocycles. The number of alkyl halides is 3. The summed E-state index contributed by atoms with van der Waals surface area (Å²) in [4.78, 5) is 1.89. The highest BCUT2D eigenvalue weighted by atomic mass is 19.4. The first kappa shape index (κ1) is 16.1. The summed E-state index contributed by atoms with van der Waals surface area (Å²) in [5.41, 5.74) is -0.993. The van der Waals surface area contributed by atoms with E-state index in [4.69, 9.17) is 5.26 Å². The van der Waals surface area contributed by atoms with Crippen LogP contribution >= 0.6 is 0 Å². The minimum atomic E-state index is -4.52. The molecule has 2 nitrogen and oxygen atoms in total. The summed E-state index contributed by atoms with van der Waals surface area (Å²) < 4.78 is 38.3. The standard InChI is InChI=1S/C15H17F3N2/c1-5-8-20(14(2,3)4)12-6-7-13(15(16,17)18)11(9-12)10-19/h5-7,9H,1,8H2,2-4H3. The van der Waals surface area contributed by atoms with Crippen molar-refractivity contribution in [3.8, 4) is 6.07 Å². The van der Waals surface area contributed by atoms with E-state index in [2.05, 4.69) is 6.58 Å². The molecule has 0 bridgehead atoms. The summed E-state index contributed by atoms with van der Waals surface area (Å²) in [6, 6.07) is 5.24. The van der Waals surface area contributed by atoms with Crippen molar-refractivity contribution < 1.29 is 13.2 Å². The summed E-state index contributed by atoms with van der Waals surface area (Å²) in [5, 5.41) is 8.93. The normalized spacial score (nSPS) is 11.8. The molecule has 1 rings (SSSR count). The van der Waals surface area contributed by atoms with E-state index in [-0.39, 0.29) is 11.1 Å². The molecule has 0 radical (unpaired) electrons. The lowest BCUT2D eigenvalue weighted by Crippen LogP contribution is -2.41. The molecule has 0 aliphatic heterocycles. The number of hydrogen-bond donors (Lipinski definition) is 0. The monoisotopic (exact) mass is 282 g/mol. The summed E-state index contributed by atoms with van der Waals surface area (Å²) in [6.45, 7) is 9.97. The number of rotatable bonds is 3. The van der Waals surface area contributed by atoms with E-state index < -0.39 is 11.7 Å². The van der Waals surface area contributed by atoms with Crippen LogP contribution in [0.25, 0.3) is 0 Å². The minimum absolute atomic E-state index is 0.291. The largest absolute Gasteiger partial charge is 0.417 e. The molecule has 0 atom stereocenters. The van der Waals surface area contributed by atoms with Gasteiger partial charge in [0.05, 0.1) is 17.2 Å². The predicted octanol–water partition coefficient (Wildman–Crippen LogP) is 4.37. The fraction of sp³-hybridized carbons (Fsp3) is 0.400. The smallest absolute Gasteiger partial charge is 0.363 e. The number of nitrogens with zero attached hydrogens (tertiary/aromatic N) is 2. The van der Waals surface area contributed by atoms with Gasteiger partial charge in [-0.25, -0.2) is 0 Å². The zero-order chi connectivity index (χ0) is 15.6. The highest BCUT2D eigenvalue weighted by Crippen LogP contribution is 2.34. The lowest BCUT2D eigenvalue weighted by atomic mass is 10.0. The summed E-state index contributed by atoms with van der Waals surface area (Å²) in [5.74, 6) is 0. The van der Waals surface area contributed by atoms with Crippen LogP contribution in [0.5, 0.6) is 0 Å². The van der Waals surface area contributed by atoms with E-state index in [1.165, 1.54) is 12.1 Å². The van der Waals surface area contributed by atoms with Crippen LogP contribution in [0.1, 0.15) is 31.9 Å². The highest BCUT2D eigenvalue weighted by Gasteiger charge is 2.34. The maximum absolute atomic E-state index is 12.8. The van der Waals surface area contributed by atoms with Crippen LogP contribution in [0.2, 0.25) is 0 Å². The van der Waals surface area contributed by atoms with Crippen molar-refractivity contribution >= 4 is 5.69 Å². The average Bonchev–Trinajstić information content (AvgIpc) is 2.32. The van der Waals surface area contributed by atoms with Crippen molar-refractivity contribution in [3.05, 3.63) is 42.0 Å². The summed E-state index contributed by atoms with van der Waals surface area (Å²) >= 11 is 0. The van der Waals surface area contributed by atoms with Gasteiger partial charge in [-0.1, -0.05) is 6.08 Å². The molecule has 20 heavy (non-hydrogen) atoms. The summed E-state index contributed by atoms with van der Waals surface area (Å²) in [6.07, 6.45) is -2.84. The number of nitriles is 1. The molecule has 1 aromatic rings. The second-order valence-electron chi connectivity index (χ2n) is 5.41. The molecule has 5 heteroatoms. The van der Waals surface area contributed by atoms with Crippen LogP contribution in [0.4, 0.5) is 18.9 Å². The van der Waals surface area contributed by atoms with E-state index in [1.54, 1.807) is 12.1 Å². The molecule has 0 fully saturated rings.